The number of aromatic nitrogens is 1. The summed E-state index contributed by atoms with van der Waals surface area (Å²) in [5.74, 6) is 0.549. The minimum atomic E-state index is -1.04. The van der Waals surface area contributed by atoms with E-state index < -0.39 is 5.60 Å². The average molecular weight is 316 g/mol. The van der Waals surface area contributed by atoms with Crippen molar-refractivity contribution >= 4 is 5.91 Å². The molecule has 2 aromatic rings. The molecule has 1 N–H and O–H groups in total. The van der Waals surface area contributed by atoms with E-state index in [0.29, 0.717) is 24.2 Å². The highest BCUT2D eigenvalue weighted by Crippen LogP contribution is 2.25. The molecular weight excluding hydrogens is 296 g/mol. The minimum absolute atomic E-state index is 0.156. The molecule has 1 aliphatic rings. The Morgan fingerprint density at radius 3 is 3.00 bits per heavy atom. The van der Waals surface area contributed by atoms with Gasteiger partial charge in [0.2, 0.25) is 0 Å². The van der Waals surface area contributed by atoms with Crippen molar-refractivity contribution in [3.63, 3.8) is 0 Å². The number of rotatable bonds is 4. The molecule has 1 fully saturated rings. The Balaban J connectivity index is 1.62. The Bertz CT molecular complexity index is 712. The van der Waals surface area contributed by atoms with Crippen molar-refractivity contribution in [1.82, 2.24) is 10.1 Å². The number of likely N-dealkylation sites (tertiary alicyclic amines) is 1. The number of hydrogen-bond donors (Lipinski definition) is 1. The maximum atomic E-state index is 12.4. The van der Waals surface area contributed by atoms with Crippen LogP contribution in [0.25, 0.3) is 0 Å². The molecule has 0 bridgehead atoms. The first-order valence-corrected chi connectivity index (χ1v) is 7.59. The lowest BCUT2D eigenvalue weighted by Gasteiger charge is -2.23. The van der Waals surface area contributed by atoms with Crippen molar-refractivity contribution in [3.8, 4) is 5.75 Å². The van der Waals surface area contributed by atoms with E-state index >= 15 is 0 Å². The van der Waals surface area contributed by atoms with E-state index in [4.69, 9.17) is 9.26 Å². The third kappa shape index (κ3) is 3.37. The summed E-state index contributed by atoms with van der Waals surface area (Å²) in [7, 11) is 0. The lowest BCUT2D eigenvalue weighted by atomic mass is 10.1. The largest absolute Gasteiger partial charge is 0.491 e. The Hall–Kier alpha value is -2.34. The predicted octanol–water partition coefficient (Wildman–Crippen LogP) is 1.95. The van der Waals surface area contributed by atoms with Gasteiger partial charge in [-0.1, -0.05) is 17.3 Å². The van der Waals surface area contributed by atoms with Gasteiger partial charge in [-0.25, -0.2) is 0 Å². The third-order valence-electron chi connectivity index (χ3n) is 4.10. The summed E-state index contributed by atoms with van der Waals surface area (Å²) >= 11 is 0. The van der Waals surface area contributed by atoms with Crippen molar-refractivity contribution in [3.05, 3.63) is 47.3 Å². The Labute approximate surface area is 134 Å². The molecule has 1 aromatic carbocycles. The fourth-order valence-electron chi connectivity index (χ4n) is 2.74. The van der Waals surface area contributed by atoms with E-state index in [-0.39, 0.29) is 19.1 Å². The molecule has 6 heteroatoms. The molecule has 1 atom stereocenters. The minimum Gasteiger partial charge on any atom is -0.491 e. The Morgan fingerprint density at radius 1 is 1.48 bits per heavy atom. The van der Waals surface area contributed by atoms with Crippen molar-refractivity contribution in [2.24, 2.45) is 0 Å². The van der Waals surface area contributed by atoms with Gasteiger partial charge in [0.1, 0.15) is 29.8 Å². The highest BCUT2D eigenvalue weighted by atomic mass is 16.5. The standard InChI is InChI=1S/C17H20N2O4/c1-12-4-3-5-14(8-12)22-11-17(21)6-7-19(10-17)16(20)15-9-23-18-13(15)2/h3-5,8-9,21H,6-7,10-11H2,1-2H3. The summed E-state index contributed by atoms with van der Waals surface area (Å²) in [6.07, 6.45) is 1.83. The molecule has 0 saturated carbocycles. The van der Waals surface area contributed by atoms with Crippen LogP contribution in [0.15, 0.2) is 35.1 Å². The van der Waals surface area contributed by atoms with Gasteiger partial charge in [-0.3, -0.25) is 4.79 Å². The number of benzene rings is 1. The maximum Gasteiger partial charge on any atom is 0.259 e. The molecule has 3 rings (SSSR count). The number of nitrogens with zero attached hydrogens (tertiary/aromatic N) is 2. The second-order valence-corrected chi connectivity index (χ2v) is 6.12. The number of carbonyl (C=O) groups excluding carboxylic acids is 1. The second-order valence-electron chi connectivity index (χ2n) is 6.12. The van der Waals surface area contributed by atoms with E-state index in [1.807, 2.05) is 31.2 Å². The number of ether oxygens (including phenoxy) is 1. The van der Waals surface area contributed by atoms with Crippen LogP contribution in [0, 0.1) is 13.8 Å². The molecule has 1 saturated heterocycles. The van der Waals surface area contributed by atoms with Gasteiger partial charge in [-0.2, -0.15) is 0 Å². The van der Waals surface area contributed by atoms with E-state index in [9.17, 15) is 9.90 Å². The van der Waals surface area contributed by atoms with Crippen LogP contribution in [0.5, 0.6) is 5.75 Å². The Kier molecular flexibility index (Phi) is 4.09. The first kappa shape index (κ1) is 15.6. The molecule has 0 radical (unpaired) electrons. The summed E-state index contributed by atoms with van der Waals surface area (Å²) in [5.41, 5.74) is 1.06. The summed E-state index contributed by atoms with van der Waals surface area (Å²) < 4.78 is 10.5. The molecule has 1 aromatic heterocycles. The number of β-amino-alcohol motifs (C(OH)–C–C–N with tert-alkyl or cyclic N) is 1. The van der Waals surface area contributed by atoms with E-state index in [1.165, 1.54) is 6.26 Å². The summed E-state index contributed by atoms with van der Waals surface area (Å²) in [5, 5.41) is 14.4. The van der Waals surface area contributed by atoms with Gasteiger partial charge in [0.05, 0.1) is 12.2 Å². The second kappa shape index (κ2) is 6.04. The van der Waals surface area contributed by atoms with Gasteiger partial charge < -0.3 is 19.3 Å². The number of hydrogen-bond acceptors (Lipinski definition) is 5. The zero-order valence-electron chi connectivity index (χ0n) is 13.3. The van der Waals surface area contributed by atoms with Gasteiger partial charge in [0, 0.05) is 6.54 Å². The molecule has 2 heterocycles. The van der Waals surface area contributed by atoms with Crippen molar-refractivity contribution in [1.29, 1.82) is 0 Å². The topological polar surface area (TPSA) is 75.8 Å². The molecule has 122 valence electrons. The van der Waals surface area contributed by atoms with E-state index in [2.05, 4.69) is 5.16 Å². The third-order valence-corrected chi connectivity index (χ3v) is 4.10. The molecule has 0 aliphatic carbocycles. The highest BCUT2D eigenvalue weighted by molar-refractivity contribution is 5.95. The van der Waals surface area contributed by atoms with Crippen LogP contribution in [0.3, 0.4) is 0 Å². The van der Waals surface area contributed by atoms with Gasteiger partial charge in [0.15, 0.2) is 0 Å². The lowest BCUT2D eigenvalue weighted by molar-refractivity contribution is 0.00428. The van der Waals surface area contributed by atoms with Crippen LogP contribution in [0.1, 0.15) is 28.0 Å². The van der Waals surface area contributed by atoms with Crippen molar-refractivity contribution in [2.75, 3.05) is 19.7 Å². The fourth-order valence-corrected chi connectivity index (χ4v) is 2.74. The predicted molar refractivity (Wildman–Crippen MR) is 83.4 cm³/mol. The zero-order chi connectivity index (χ0) is 16.4. The van der Waals surface area contributed by atoms with Crippen LogP contribution >= 0.6 is 0 Å². The first-order chi connectivity index (χ1) is 11.0. The average Bonchev–Trinajstić information content (AvgIpc) is 3.12. The highest BCUT2D eigenvalue weighted by Gasteiger charge is 2.39. The van der Waals surface area contributed by atoms with Gasteiger partial charge in [0.25, 0.3) is 5.91 Å². The SMILES string of the molecule is Cc1cccc(OCC2(O)CCN(C(=O)c3conc3C)C2)c1. The normalized spacial score (nSPS) is 20.7. The van der Waals surface area contributed by atoms with Crippen LogP contribution in [-0.4, -0.2) is 46.4 Å². The molecular formula is C17H20N2O4. The zero-order valence-corrected chi connectivity index (χ0v) is 13.3. The van der Waals surface area contributed by atoms with Gasteiger partial charge in [-0.15, -0.1) is 0 Å². The summed E-state index contributed by atoms with van der Waals surface area (Å²) in [6.45, 7) is 4.58. The molecule has 1 amide bonds. The van der Waals surface area contributed by atoms with E-state index in [0.717, 1.165) is 11.3 Å². The number of aliphatic hydroxyl groups is 1. The molecule has 6 nitrogen and oxygen atoms in total. The summed E-state index contributed by atoms with van der Waals surface area (Å²) in [4.78, 5) is 14.0. The smallest absolute Gasteiger partial charge is 0.259 e. The monoisotopic (exact) mass is 316 g/mol. The van der Waals surface area contributed by atoms with Crippen molar-refractivity contribution < 1.29 is 19.2 Å². The number of aryl methyl sites for hydroxylation is 2. The molecule has 23 heavy (non-hydrogen) atoms. The number of carbonyl (C=O) groups is 1. The molecule has 1 aliphatic heterocycles. The van der Waals surface area contributed by atoms with E-state index in [1.54, 1.807) is 11.8 Å². The lowest BCUT2D eigenvalue weighted by Crippen LogP contribution is -2.40. The quantitative estimate of drug-likeness (QED) is 0.933. The number of amides is 1. The fraction of sp³-hybridized carbons (Fsp3) is 0.412. The van der Waals surface area contributed by atoms with Crippen LogP contribution in [-0.2, 0) is 0 Å². The molecule has 0 spiro atoms. The van der Waals surface area contributed by atoms with Crippen LogP contribution in [0.2, 0.25) is 0 Å². The summed E-state index contributed by atoms with van der Waals surface area (Å²) in [6, 6.07) is 7.67. The van der Waals surface area contributed by atoms with Gasteiger partial charge in [-0.05, 0) is 38.0 Å². The molecule has 1 unspecified atom stereocenters. The van der Waals surface area contributed by atoms with Gasteiger partial charge >= 0.3 is 0 Å². The van der Waals surface area contributed by atoms with Crippen molar-refractivity contribution in [2.45, 2.75) is 25.9 Å². The Morgan fingerprint density at radius 2 is 2.30 bits per heavy atom. The maximum absolute atomic E-state index is 12.4. The van der Waals surface area contributed by atoms with Crippen LogP contribution in [0.4, 0.5) is 0 Å². The van der Waals surface area contributed by atoms with Crippen LogP contribution < -0.4 is 4.74 Å². The first-order valence-electron chi connectivity index (χ1n) is 7.59.